The van der Waals surface area contributed by atoms with E-state index < -0.39 is 5.97 Å². The van der Waals surface area contributed by atoms with E-state index in [2.05, 4.69) is 0 Å². The molecule has 92 valence electrons. The molecule has 0 fully saturated rings. The number of phenols is 1. The molecule has 0 bridgehead atoms. The van der Waals surface area contributed by atoms with Crippen molar-refractivity contribution in [3.63, 3.8) is 0 Å². The first kappa shape index (κ1) is 12.1. The molecular weight excluding hydrogens is 235 g/mol. The van der Waals surface area contributed by atoms with E-state index in [1.165, 1.54) is 30.3 Å². The zero-order chi connectivity index (χ0) is 13.1. The Labute approximate surface area is 103 Å². The molecule has 2 rings (SSSR count). The van der Waals surface area contributed by atoms with Gasteiger partial charge in [0.1, 0.15) is 11.6 Å². The van der Waals surface area contributed by atoms with Crippen LogP contribution in [0.2, 0.25) is 0 Å². The fraction of sp³-hybridized carbons (Fsp3) is 0.0714. The normalized spacial score (nSPS) is 10.3. The number of benzene rings is 2. The summed E-state index contributed by atoms with van der Waals surface area (Å²) in [6.07, 6.45) is -0.117. The number of aromatic hydroxyl groups is 1. The molecule has 4 heteroatoms. The number of rotatable bonds is 3. The van der Waals surface area contributed by atoms with E-state index in [1.807, 2.05) is 0 Å². The van der Waals surface area contributed by atoms with E-state index in [9.17, 15) is 14.3 Å². The summed E-state index contributed by atoms with van der Waals surface area (Å²) in [6, 6.07) is 10.2. The second-order valence-corrected chi connectivity index (χ2v) is 3.93. The van der Waals surface area contributed by atoms with Gasteiger partial charge in [-0.05, 0) is 35.4 Å². The van der Waals surface area contributed by atoms with Crippen LogP contribution < -0.4 is 0 Å². The molecule has 2 aromatic rings. The van der Waals surface area contributed by atoms with Gasteiger partial charge in [0, 0.05) is 5.56 Å². The molecule has 2 N–H and O–H groups in total. The summed E-state index contributed by atoms with van der Waals surface area (Å²) in [4.78, 5) is 10.6. The van der Waals surface area contributed by atoms with Gasteiger partial charge in [0.2, 0.25) is 0 Å². The monoisotopic (exact) mass is 246 g/mol. The molecule has 0 atom stereocenters. The number of hydrogen-bond acceptors (Lipinski definition) is 2. The first-order valence-electron chi connectivity index (χ1n) is 5.36. The molecular formula is C14H11FO3. The van der Waals surface area contributed by atoms with Crippen molar-refractivity contribution in [2.24, 2.45) is 0 Å². The lowest BCUT2D eigenvalue weighted by atomic mass is 10.0. The average molecular weight is 246 g/mol. The van der Waals surface area contributed by atoms with Crippen molar-refractivity contribution in [2.75, 3.05) is 0 Å². The molecule has 0 radical (unpaired) electrons. The molecule has 2 aromatic carbocycles. The molecule has 0 aliphatic carbocycles. The molecule has 0 unspecified atom stereocenters. The maximum absolute atomic E-state index is 12.8. The van der Waals surface area contributed by atoms with Gasteiger partial charge in [0.15, 0.2) is 0 Å². The maximum Gasteiger partial charge on any atom is 0.307 e. The second-order valence-electron chi connectivity index (χ2n) is 3.93. The van der Waals surface area contributed by atoms with Crippen molar-refractivity contribution >= 4 is 5.97 Å². The Bertz CT molecular complexity index is 576. The van der Waals surface area contributed by atoms with Crippen LogP contribution in [-0.4, -0.2) is 16.2 Å². The van der Waals surface area contributed by atoms with E-state index >= 15 is 0 Å². The van der Waals surface area contributed by atoms with Gasteiger partial charge in [-0.3, -0.25) is 4.79 Å². The number of carbonyl (C=O) groups is 1. The van der Waals surface area contributed by atoms with Crippen molar-refractivity contribution in [1.29, 1.82) is 0 Å². The number of aliphatic carboxylic acids is 1. The van der Waals surface area contributed by atoms with Crippen molar-refractivity contribution in [3.05, 3.63) is 53.8 Å². The molecule has 0 aliphatic heterocycles. The molecule has 0 saturated heterocycles. The lowest BCUT2D eigenvalue weighted by Gasteiger charge is -2.07. The van der Waals surface area contributed by atoms with E-state index in [0.29, 0.717) is 16.7 Å². The minimum atomic E-state index is -0.939. The summed E-state index contributed by atoms with van der Waals surface area (Å²) in [5.41, 5.74) is 1.72. The van der Waals surface area contributed by atoms with Crippen molar-refractivity contribution in [2.45, 2.75) is 6.42 Å². The van der Waals surface area contributed by atoms with E-state index in [4.69, 9.17) is 5.11 Å². The Balaban J connectivity index is 2.42. The molecule has 0 aromatic heterocycles. The zero-order valence-corrected chi connectivity index (χ0v) is 9.43. The average Bonchev–Trinajstić information content (AvgIpc) is 2.32. The number of halogens is 1. The van der Waals surface area contributed by atoms with Gasteiger partial charge in [-0.15, -0.1) is 0 Å². The maximum atomic E-state index is 12.8. The van der Waals surface area contributed by atoms with Crippen LogP contribution in [0.3, 0.4) is 0 Å². The summed E-state index contributed by atoms with van der Waals surface area (Å²) in [7, 11) is 0. The van der Waals surface area contributed by atoms with Gasteiger partial charge in [-0.25, -0.2) is 4.39 Å². The van der Waals surface area contributed by atoms with Crippen LogP contribution >= 0.6 is 0 Å². The second kappa shape index (κ2) is 4.87. The predicted octanol–water partition coefficient (Wildman–Crippen LogP) is 2.83. The Morgan fingerprint density at radius 3 is 2.39 bits per heavy atom. The molecule has 0 amide bonds. The topological polar surface area (TPSA) is 57.5 Å². The Morgan fingerprint density at radius 1 is 1.11 bits per heavy atom. The third kappa shape index (κ3) is 2.66. The van der Waals surface area contributed by atoms with Crippen LogP contribution in [0.15, 0.2) is 42.5 Å². The van der Waals surface area contributed by atoms with Crippen LogP contribution in [-0.2, 0) is 11.2 Å². The first-order chi connectivity index (χ1) is 8.56. The van der Waals surface area contributed by atoms with Crippen LogP contribution in [0, 0.1) is 5.82 Å². The lowest BCUT2D eigenvalue weighted by molar-refractivity contribution is -0.136. The Kier molecular flexibility index (Phi) is 3.28. The smallest absolute Gasteiger partial charge is 0.307 e. The fourth-order valence-corrected chi connectivity index (χ4v) is 1.73. The summed E-state index contributed by atoms with van der Waals surface area (Å²) in [5, 5.41) is 18.5. The molecule has 0 aliphatic rings. The Hall–Kier alpha value is -2.36. The minimum absolute atomic E-state index is 0.0377. The fourth-order valence-electron chi connectivity index (χ4n) is 1.73. The number of phenolic OH excluding ortho intramolecular Hbond substituents is 1. The van der Waals surface area contributed by atoms with Gasteiger partial charge in [-0.2, -0.15) is 0 Å². The molecule has 18 heavy (non-hydrogen) atoms. The van der Waals surface area contributed by atoms with Gasteiger partial charge < -0.3 is 10.2 Å². The van der Waals surface area contributed by atoms with E-state index in [0.717, 1.165) is 0 Å². The summed E-state index contributed by atoms with van der Waals surface area (Å²) < 4.78 is 12.8. The lowest BCUT2D eigenvalue weighted by Crippen LogP contribution is -1.99. The van der Waals surface area contributed by atoms with Crippen molar-refractivity contribution in [1.82, 2.24) is 0 Å². The number of hydrogen-bond donors (Lipinski definition) is 2. The predicted molar refractivity (Wildman–Crippen MR) is 64.8 cm³/mol. The number of carboxylic acid groups (broad SMARTS) is 1. The van der Waals surface area contributed by atoms with Crippen molar-refractivity contribution in [3.8, 4) is 16.9 Å². The third-order valence-electron chi connectivity index (χ3n) is 2.57. The van der Waals surface area contributed by atoms with Crippen LogP contribution in [0.25, 0.3) is 11.1 Å². The van der Waals surface area contributed by atoms with E-state index in [-0.39, 0.29) is 18.0 Å². The van der Waals surface area contributed by atoms with E-state index in [1.54, 1.807) is 12.1 Å². The van der Waals surface area contributed by atoms with Crippen LogP contribution in [0.1, 0.15) is 5.56 Å². The number of carboxylic acids is 1. The van der Waals surface area contributed by atoms with Gasteiger partial charge >= 0.3 is 5.97 Å². The highest BCUT2D eigenvalue weighted by molar-refractivity contribution is 5.74. The molecule has 0 heterocycles. The van der Waals surface area contributed by atoms with Gasteiger partial charge in [-0.1, -0.05) is 18.2 Å². The highest BCUT2D eigenvalue weighted by atomic mass is 19.1. The standard InChI is InChI=1S/C14H11FO3/c15-11-4-2-10(3-5-11)12-7-9(8-14(17)18)1-6-13(12)16/h1-7,16H,8H2,(H,17,18). The summed E-state index contributed by atoms with van der Waals surface area (Å²) in [6.45, 7) is 0. The molecule has 3 nitrogen and oxygen atoms in total. The summed E-state index contributed by atoms with van der Waals surface area (Å²) >= 11 is 0. The Morgan fingerprint density at radius 2 is 1.78 bits per heavy atom. The van der Waals surface area contributed by atoms with Crippen molar-refractivity contribution < 1.29 is 19.4 Å². The quantitative estimate of drug-likeness (QED) is 0.875. The van der Waals surface area contributed by atoms with Crippen LogP contribution in [0.5, 0.6) is 5.75 Å². The molecule has 0 spiro atoms. The first-order valence-corrected chi connectivity index (χ1v) is 5.36. The van der Waals surface area contributed by atoms with Gasteiger partial charge in [0.25, 0.3) is 0 Å². The largest absolute Gasteiger partial charge is 0.507 e. The summed E-state index contributed by atoms with van der Waals surface area (Å²) in [5.74, 6) is -1.26. The van der Waals surface area contributed by atoms with Gasteiger partial charge in [0.05, 0.1) is 6.42 Å². The highest BCUT2D eigenvalue weighted by Crippen LogP contribution is 2.30. The zero-order valence-electron chi connectivity index (χ0n) is 9.43. The molecule has 0 saturated carbocycles. The van der Waals surface area contributed by atoms with Crippen LogP contribution in [0.4, 0.5) is 4.39 Å². The minimum Gasteiger partial charge on any atom is -0.507 e. The SMILES string of the molecule is O=C(O)Cc1ccc(O)c(-c2ccc(F)cc2)c1. The third-order valence-corrected chi connectivity index (χ3v) is 2.57. The highest BCUT2D eigenvalue weighted by Gasteiger charge is 2.08.